The van der Waals surface area contributed by atoms with Crippen molar-refractivity contribution in [3.63, 3.8) is 0 Å². The summed E-state index contributed by atoms with van der Waals surface area (Å²) in [5.41, 5.74) is 3.55. The second-order valence-corrected chi connectivity index (χ2v) is 14.7. The van der Waals surface area contributed by atoms with E-state index in [0.29, 0.717) is 10.8 Å². The van der Waals surface area contributed by atoms with Crippen LogP contribution in [-0.2, 0) is 9.53 Å². The van der Waals surface area contributed by atoms with Crippen LogP contribution in [0.1, 0.15) is 111 Å². The highest BCUT2D eigenvalue weighted by Crippen LogP contribution is 2.67. The zero-order chi connectivity index (χ0) is 28.3. The molecule has 0 amide bonds. The molecule has 4 aliphatic rings. The molecule has 0 N–H and O–H groups in total. The van der Waals surface area contributed by atoms with E-state index in [9.17, 15) is 4.79 Å². The molecule has 0 radical (unpaired) electrons. The molecule has 218 valence electrons. The fourth-order valence-electron chi connectivity index (χ4n) is 9.82. The molecule has 0 spiro atoms. The van der Waals surface area contributed by atoms with Crippen molar-refractivity contribution in [3.8, 4) is 0 Å². The fraction of sp³-hybridized carbons (Fsp3) is 0.658. The summed E-state index contributed by atoms with van der Waals surface area (Å²) in [5.74, 6) is 4.93. The minimum Gasteiger partial charge on any atom is -0.459 e. The molecule has 3 fully saturated rings. The van der Waals surface area contributed by atoms with Gasteiger partial charge in [-0.05, 0) is 96.8 Å². The van der Waals surface area contributed by atoms with Gasteiger partial charge in [0.05, 0.1) is 0 Å². The number of rotatable bonds is 9. The van der Waals surface area contributed by atoms with Gasteiger partial charge < -0.3 is 4.74 Å². The summed E-state index contributed by atoms with van der Waals surface area (Å²) in [7, 11) is 0. The van der Waals surface area contributed by atoms with E-state index in [1.807, 2.05) is 30.4 Å². The van der Waals surface area contributed by atoms with Crippen LogP contribution in [0, 0.1) is 46.3 Å². The molecule has 1 aromatic rings. The minimum absolute atomic E-state index is 0.0162. The van der Waals surface area contributed by atoms with Gasteiger partial charge in [-0.3, -0.25) is 0 Å². The fourth-order valence-corrected chi connectivity index (χ4v) is 9.82. The Hall–Kier alpha value is -2.09. The van der Waals surface area contributed by atoms with Gasteiger partial charge in [-0.1, -0.05) is 114 Å². The summed E-state index contributed by atoms with van der Waals surface area (Å²) in [6.07, 6.45) is 24.1. The predicted molar refractivity (Wildman–Crippen MR) is 168 cm³/mol. The van der Waals surface area contributed by atoms with Crippen LogP contribution in [0.4, 0.5) is 0 Å². The highest BCUT2D eigenvalue weighted by Gasteiger charge is 2.59. The van der Waals surface area contributed by atoms with E-state index in [-0.39, 0.29) is 12.1 Å². The molecule has 0 bridgehead atoms. The quantitative estimate of drug-likeness (QED) is 0.134. The van der Waals surface area contributed by atoms with Crippen molar-refractivity contribution in [2.75, 3.05) is 0 Å². The molecule has 0 aromatic heterocycles. The molecule has 3 saturated carbocycles. The van der Waals surface area contributed by atoms with E-state index < -0.39 is 0 Å². The van der Waals surface area contributed by atoms with Crippen molar-refractivity contribution in [2.45, 2.75) is 111 Å². The number of hydrogen-bond acceptors (Lipinski definition) is 2. The summed E-state index contributed by atoms with van der Waals surface area (Å²) < 4.78 is 5.95. The summed E-state index contributed by atoms with van der Waals surface area (Å²) in [4.78, 5) is 12.6. The third-order valence-electron chi connectivity index (χ3n) is 12.0. The van der Waals surface area contributed by atoms with E-state index in [0.717, 1.165) is 60.3 Å². The van der Waals surface area contributed by atoms with Crippen LogP contribution in [0.5, 0.6) is 0 Å². The van der Waals surface area contributed by atoms with Gasteiger partial charge in [0, 0.05) is 12.5 Å². The maximum Gasteiger partial charge on any atom is 0.331 e. The average Bonchev–Trinajstić information content (AvgIpc) is 3.29. The number of hydrogen-bond donors (Lipinski definition) is 0. The van der Waals surface area contributed by atoms with Crippen LogP contribution >= 0.6 is 0 Å². The van der Waals surface area contributed by atoms with Crippen molar-refractivity contribution >= 4 is 12.0 Å². The van der Waals surface area contributed by atoms with Gasteiger partial charge in [0.1, 0.15) is 6.10 Å². The van der Waals surface area contributed by atoms with Gasteiger partial charge in [-0.25, -0.2) is 4.79 Å². The Kier molecular flexibility index (Phi) is 9.13. The van der Waals surface area contributed by atoms with E-state index >= 15 is 0 Å². The number of carbonyl (C=O) groups excluding carboxylic acids is 1. The zero-order valence-electron chi connectivity index (χ0n) is 25.9. The van der Waals surface area contributed by atoms with Gasteiger partial charge in [0.15, 0.2) is 0 Å². The average molecular weight is 543 g/mol. The van der Waals surface area contributed by atoms with E-state index in [1.165, 1.54) is 51.4 Å². The van der Waals surface area contributed by atoms with Crippen LogP contribution in [-0.4, -0.2) is 12.1 Å². The Bertz CT molecular complexity index is 1100. The number of allylic oxidation sites excluding steroid dienone is 3. The Morgan fingerprint density at radius 3 is 2.55 bits per heavy atom. The summed E-state index contributed by atoms with van der Waals surface area (Å²) in [5, 5.41) is 0. The Balaban J connectivity index is 1.18. The van der Waals surface area contributed by atoms with Crippen LogP contribution < -0.4 is 0 Å². The zero-order valence-corrected chi connectivity index (χ0v) is 25.9. The van der Waals surface area contributed by atoms with Gasteiger partial charge in [-0.15, -0.1) is 0 Å². The van der Waals surface area contributed by atoms with Gasteiger partial charge >= 0.3 is 5.97 Å². The molecule has 0 heterocycles. The first-order chi connectivity index (χ1) is 19.2. The normalized spacial score (nSPS) is 36.2. The van der Waals surface area contributed by atoms with E-state index in [2.05, 4.69) is 52.8 Å². The van der Waals surface area contributed by atoms with Crippen molar-refractivity contribution < 1.29 is 9.53 Å². The van der Waals surface area contributed by atoms with E-state index in [1.54, 1.807) is 17.7 Å². The second kappa shape index (κ2) is 12.4. The third kappa shape index (κ3) is 6.07. The molecular weight excluding hydrogens is 488 g/mol. The van der Waals surface area contributed by atoms with Crippen LogP contribution in [0.2, 0.25) is 0 Å². The molecule has 0 unspecified atom stereocenters. The van der Waals surface area contributed by atoms with Crippen molar-refractivity contribution in [2.24, 2.45) is 46.3 Å². The molecule has 2 nitrogen and oxygen atoms in total. The van der Waals surface area contributed by atoms with Crippen molar-refractivity contribution in [1.82, 2.24) is 0 Å². The number of fused-ring (bicyclic) bond motifs is 5. The molecule has 0 aliphatic heterocycles. The minimum atomic E-state index is -0.214. The topological polar surface area (TPSA) is 26.3 Å². The lowest BCUT2D eigenvalue weighted by atomic mass is 9.47. The molecule has 0 saturated heterocycles. The van der Waals surface area contributed by atoms with E-state index in [4.69, 9.17) is 4.74 Å². The third-order valence-corrected chi connectivity index (χ3v) is 12.0. The first-order valence-corrected chi connectivity index (χ1v) is 16.5. The van der Waals surface area contributed by atoms with Gasteiger partial charge in [0.2, 0.25) is 0 Å². The Morgan fingerprint density at radius 2 is 1.77 bits per heavy atom. The second-order valence-electron chi connectivity index (χ2n) is 14.7. The Labute approximate surface area is 244 Å². The summed E-state index contributed by atoms with van der Waals surface area (Å²) in [6, 6.07) is 10.1. The standard InChI is InChI=1S/C38H54O2/c1-27(2)12-11-13-28(3)33-20-21-34-32-19-18-30-26-31(22-24-37(30,4)35(32)23-25-38(33,34)5)40-36(39)17-10-9-16-29-14-7-6-8-15-29/h6-10,14-18,27-28,31-35H,11-13,19-26H2,1-5H3/b16-9+,17-10+/t28-,31-,32+,33+,34-,35+,37-,38+/m0/s1. The maximum absolute atomic E-state index is 12.6. The molecule has 4 aliphatic carbocycles. The first kappa shape index (κ1) is 29.4. The molecule has 8 atom stereocenters. The maximum atomic E-state index is 12.6. The van der Waals surface area contributed by atoms with Gasteiger partial charge in [-0.2, -0.15) is 0 Å². The number of benzene rings is 1. The molecule has 2 heteroatoms. The lowest BCUT2D eigenvalue weighted by molar-refractivity contribution is -0.145. The van der Waals surface area contributed by atoms with Crippen molar-refractivity contribution in [3.05, 3.63) is 65.8 Å². The molecule has 5 rings (SSSR count). The SMILES string of the molecule is CC(C)CCC[C@H](C)[C@H]1CC[C@H]2[C@H]3CC=C4C[C@@H](OC(=O)/C=C/C=C/c5ccccc5)CC[C@]4(C)[C@@H]3CC[C@]12C. The molecule has 40 heavy (non-hydrogen) atoms. The summed E-state index contributed by atoms with van der Waals surface area (Å²) in [6.45, 7) is 12.5. The van der Waals surface area contributed by atoms with Crippen LogP contribution in [0.25, 0.3) is 6.08 Å². The number of ether oxygens (including phenoxy) is 1. The van der Waals surface area contributed by atoms with Crippen LogP contribution in [0.3, 0.4) is 0 Å². The smallest absolute Gasteiger partial charge is 0.331 e. The highest BCUT2D eigenvalue weighted by molar-refractivity contribution is 5.82. The predicted octanol–water partition coefficient (Wildman–Crippen LogP) is 10.2. The number of esters is 1. The lowest BCUT2D eigenvalue weighted by Crippen LogP contribution is -2.51. The summed E-state index contributed by atoms with van der Waals surface area (Å²) >= 11 is 0. The highest BCUT2D eigenvalue weighted by atomic mass is 16.5. The van der Waals surface area contributed by atoms with Gasteiger partial charge in [0.25, 0.3) is 0 Å². The van der Waals surface area contributed by atoms with Crippen LogP contribution in [0.15, 0.2) is 60.2 Å². The number of carbonyl (C=O) groups is 1. The first-order valence-electron chi connectivity index (χ1n) is 16.5. The molecule has 1 aromatic carbocycles. The monoisotopic (exact) mass is 542 g/mol. The Morgan fingerprint density at radius 1 is 0.975 bits per heavy atom. The molecular formula is C38H54O2. The van der Waals surface area contributed by atoms with Crippen molar-refractivity contribution in [1.29, 1.82) is 0 Å². The largest absolute Gasteiger partial charge is 0.459 e. The lowest BCUT2D eigenvalue weighted by Gasteiger charge is -2.58.